The number of amides is 2. The quantitative estimate of drug-likeness (QED) is 0.841. The minimum Gasteiger partial charge on any atom is -0.342 e. The van der Waals surface area contributed by atoms with Gasteiger partial charge < -0.3 is 9.80 Å². The van der Waals surface area contributed by atoms with Gasteiger partial charge in [-0.3, -0.25) is 9.59 Å². The van der Waals surface area contributed by atoms with Crippen LogP contribution in [0.5, 0.6) is 0 Å². The van der Waals surface area contributed by atoms with Crippen LogP contribution in [0.2, 0.25) is 0 Å². The van der Waals surface area contributed by atoms with Crippen LogP contribution in [0.4, 0.5) is 4.39 Å². The molecule has 1 aromatic carbocycles. The minimum absolute atomic E-state index is 0.0803. The summed E-state index contributed by atoms with van der Waals surface area (Å²) in [6, 6.07) is 6.49. The number of rotatable bonds is 4. The van der Waals surface area contributed by atoms with Crippen LogP contribution in [0.25, 0.3) is 0 Å². The molecule has 0 aliphatic carbocycles. The highest BCUT2D eigenvalue weighted by Gasteiger charge is 2.32. The van der Waals surface area contributed by atoms with Gasteiger partial charge in [-0.1, -0.05) is 25.0 Å². The lowest BCUT2D eigenvalue weighted by molar-refractivity contribution is -0.143. The Morgan fingerprint density at radius 1 is 1.16 bits per heavy atom. The number of hydrogen-bond donors (Lipinski definition) is 0. The molecule has 0 bridgehead atoms. The van der Waals surface area contributed by atoms with E-state index in [-0.39, 0.29) is 23.5 Å². The molecule has 1 atom stereocenters. The Labute approximate surface area is 149 Å². The Morgan fingerprint density at radius 3 is 2.64 bits per heavy atom. The largest absolute Gasteiger partial charge is 0.342 e. The fourth-order valence-electron chi connectivity index (χ4n) is 3.84. The van der Waals surface area contributed by atoms with Gasteiger partial charge in [0.1, 0.15) is 5.82 Å². The van der Waals surface area contributed by atoms with Gasteiger partial charge in [-0.25, -0.2) is 4.39 Å². The van der Waals surface area contributed by atoms with Gasteiger partial charge in [0.25, 0.3) is 0 Å². The fourth-order valence-corrected chi connectivity index (χ4v) is 3.84. The van der Waals surface area contributed by atoms with E-state index in [2.05, 4.69) is 0 Å². The molecule has 2 amide bonds. The average Bonchev–Trinajstić information content (AvgIpc) is 2.90. The Balaban J connectivity index is 1.57. The van der Waals surface area contributed by atoms with Crippen molar-refractivity contribution < 1.29 is 14.0 Å². The van der Waals surface area contributed by atoms with E-state index >= 15 is 0 Å². The van der Waals surface area contributed by atoms with Gasteiger partial charge in [0.15, 0.2) is 0 Å². The van der Waals surface area contributed by atoms with Gasteiger partial charge in [-0.15, -0.1) is 0 Å². The summed E-state index contributed by atoms with van der Waals surface area (Å²) in [5, 5.41) is 0. The first kappa shape index (κ1) is 17.9. The van der Waals surface area contributed by atoms with Gasteiger partial charge in [0, 0.05) is 32.6 Å². The standard InChI is InChI=1S/C20H27FN2O2/c21-18-7-5-6-16(14-18)10-13-23-15-17(8-9-19(23)24)20(25)22-11-3-1-2-4-12-22/h5-7,14,17H,1-4,8-13,15H2. The second-order valence-electron chi connectivity index (χ2n) is 7.19. The monoisotopic (exact) mass is 346 g/mol. The zero-order chi connectivity index (χ0) is 17.6. The SMILES string of the molecule is O=C1CCC(C(=O)N2CCCCCC2)CN1CCc1cccc(F)c1. The van der Waals surface area contributed by atoms with Crippen molar-refractivity contribution >= 4 is 11.8 Å². The van der Waals surface area contributed by atoms with Crippen molar-refractivity contribution in [1.29, 1.82) is 0 Å². The van der Waals surface area contributed by atoms with E-state index in [4.69, 9.17) is 0 Å². The first-order valence-corrected chi connectivity index (χ1v) is 9.44. The van der Waals surface area contributed by atoms with Gasteiger partial charge in [0.05, 0.1) is 5.92 Å². The highest BCUT2D eigenvalue weighted by atomic mass is 19.1. The zero-order valence-corrected chi connectivity index (χ0v) is 14.8. The highest BCUT2D eigenvalue weighted by molar-refractivity contribution is 5.84. The summed E-state index contributed by atoms with van der Waals surface area (Å²) >= 11 is 0. The number of halogens is 1. The predicted octanol–water partition coefficient (Wildman–Crippen LogP) is 3.01. The lowest BCUT2D eigenvalue weighted by Gasteiger charge is -2.34. The smallest absolute Gasteiger partial charge is 0.227 e. The fraction of sp³-hybridized carbons (Fsp3) is 0.600. The molecule has 0 saturated carbocycles. The van der Waals surface area contributed by atoms with E-state index in [9.17, 15) is 14.0 Å². The average molecular weight is 346 g/mol. The van der Waals surface area contributed by atoms with E-state index < -0.39 is 0 Å². The Bertz CT molecular complexity index is 611. The molecule has 1 unspecified atom stereocenters. The maximum Gasteiger partial charge on any atom is 0.227 e. The normalized spacial score (nSPS) is 22.0. The van der Waals surface area contributed by atoms with Crippen LogP contribution in [-0.4, -0.2) is 47.8 Å². The number of hydrogen-bond acceptors (Lipinski definition) is 2. The van der Waals surface area contributed by atoms with Crippen LogP contribution in [-0.2, 0) is 16.0 Å². The van der Waals surface area contributed by atoms with Crippen molar-refractivity contribution in [1.82, 2.24) is 9.80 Å². The number of benzene rings is 1. The molecule has 0 N–H and O–H groups in total. The molecule has 0 radical (unpaired) electrons. The third kappa shape index (κ3) is 4.80. The number of nitrogens with zero attached hydrogens (tertiary/aromatic N) is 2. The maximum absolute atomic E-state index is 13.3. The van der Waals surface area contributed by atoms with E-state index in [0.29, 0.717) is 32.4 Å². The number of carbonyl (C=O) groups is 2. The molecule has 136 valence electrons. The molecule has 2 aliphatic rings. The zero-order valence-electron chi connectivity index (χ0n) is 14.8. The van der Waals surface area contributed by atoms with Crippen LogP contribution in [0.3, 0.4) is 0 Å². The molecule has 2 heterocycles. The van der Waals surface area contributed by atoms with E-state index in [1.165, 1.54) is 25.0 Å². The summed E-state index contributed by atoms with van der Waals surface area (Å²) in [4.78, 5) is 28.8. The Hall–Kier alpha value is -1.91. The highest BCUT2D eigenvalue weighted by Crippen LogP contribution is 2.22. The van der Waals surface area contributed by atoms with Crippen LogP contribution in [0.15, 0.2) is 24.3 Å². The van der Waals surface area contributed by atoms with Gasteiger partial charge in [-0.05, 0) is 43.4 Å². The summed E-state index contributed by atoms with van der Waals surface area (Å²) in [5.74, 6) is -0.0125. The second-order valence-corrected chi connectivity index (χ2v) is 7.19. The lowest BCUT2D eigenvalue weighted by Crippen LogP contribution is -2.47. The van der Waals surface area contributed by atoms with Crippen molar-refractivity contribution in [2.45, 2.75) is 44.9 Å². The van der Waals surface area contributed by atoms with Gasteiger partial charge in [-0.2, -0.15) is 0 Å². The van der Waals surface area contributed by atoms with E-state index in [1.54, 1.807) is 11.0 Å². The van der Waals surface area contributed by atoms with Crippen molar-refractivity contribution in [3.05, 3.63) is 35.6 Å². The number of carbonyl (C=O) groups excluding carboxylic acids is 2. The molecule has 0 aromatic heterocycles. The van der Waals surface area contributed by atoms with Crippen LogP contribution >= 0.6 is 0 Å². The summed E-state index contributed by atoms with van der Waals surface area (Å²) in [7, 11) is 0. The molecule has 1 aromatic rings. The molecule has 25 heavy (non-hydrogen) atoms. The van der Waals surface area contributed by atoms with Gasteiger partial charge in [0.2, 0.25) is 11.8 Å². The second kappa shape index (κ2) is 8.45. The van der Waals surface area contributed by atoms with Crippen molar-refractivity contribution in [3.8, 4) is 0 Å². The summed E-state index contributed by atoms with van der Waals surface area (Å²) in [6.45, 7) is 2.76. The predicted molar refractivity (Wildman–Crippen MR) is 94.5 cm³/mol. The third-order valence-corrected chi connectivity index (χ3v) is 5.33. The molecular formula is C20H27FN2O2. The topological polar surface area (TPSA) is 40.6 Å². The molecule has 4 nitrogen and oxygen atoms in total. The number of piperidine rings is 1. The van der Waals surface area contributed by atoms with E-state index in [0.717, 1.165) is 31.5 Å². The molecule has 2 fully saturated rings. The first-order chi connectivity index (χ1) is 12.1. The molecule has 0 spiro atoms. The Kier molecular flexibility index (Phi) is 6.05. The molecule has 2 saturated heterocycles. The Morgan fingerprint density at radius 2 is 1.92 bits per heavy atom. The number of likely N-dealkylation sites (tertiary alicyclic amines) is 2. The molecule has 3 rings (SSSR count). The minimum atomic E-state index is -0.253. The molecular weight excluding hydrogens is 319 g/mol. The summed E-state index contributed by atoms with van der Waals surface area (Å²) in [5.41, 5.74) is 0.883. The summed E-state index contributed by atoms with van der Waals surface area (Å²) in [6.07, 6.45) is 6.28. The molecule has 2 aliphatic heterocycles. The van der Waals surface area contributed by atoms with Crippen molar-refractivity contribution in [2.75, 3.05) is 26.2 Å². The van der Waals surface area contributed by atoms with Crippen LogP contribution in [0, 0.1) is 11.7 Å². The van der Waals surface area contributed by atoms with Crippen molar-refractivity contribution in [2.24, 2.45) is 5.92 Å². The van der Waals surface area contributed by atoms with E-state index in [1.807, 2.05) is 11.0 Å². The van der Waals surface area contributed by atoms with Crippen LogP contribution < -0.4 is 0 Å². The van der Waals surface area contributed by atoms with Crippen LogP contribution in [0.1, 0.15) is 44.1 Å². The maximum atomic E-state index is 13.3. The first-order valence-electron chi connectivity index (χ1n) is 9.44. The van der Waals surface area contributed by atoms with Crippen molar-refractivity contribution in [3.63, 3.8) is 0 Å². The lowest BCUT2D eigenvalue weighted by atomic mass is 9.95. The third-order valence-electron chi connectivity index (χ3n) is 5.33. The molecule has 5 heteroatoms. The summed E-state index contributed by atoms with van der Waals surface area (Å²) < 4.78 is 13.3. The van der Waals surface area contributed by atoms with Gasteiger partial charge >= 0.3 is 0 Å².